The Labute approximate surface area is 138 Å². The molecular weight excluding hydrogens is 314 g/mol. The Morgan fingerprint density at radius 1 is 1.12 bits per heavy atom. The predicted molar refractivity (Wildman–Crippen MR) is 85.8 cm³/mol. The predicted octanol–water partition coefficient (Wildman–Crippen LogP) is 2.81. The van der Waals surface area contributed by atoms with Gasteiger partial charge in [-0.1, -0.05) is 17.7 Å². The maximum absolute atomic E-state index is 13.2. The smallest absolute Gasteiger partial charge is 0.251 e. The van der Waals surface area contributed by atoms with Crippen molar-refractivity contribution in [3.63, 3.8) is 0 Å². The van der Waals surface area contributed by atoms with Crippen LogP contribution < -0.4 is 10.2 Å². The summed E-state index contributed by atoms with van der Waals surface area (Å²) in [5, 5.41) is 2.69. The highest BCUT2D eigenvalue weighted by Crippen LogP contribution is 2.22. The summed E-state index contributed by atoms with van der Waals surface area (Å²) in [7, 11) is 0. The normalized spacial score (nSPS) is 17.2. The molecule has 1 heterocycles. The van der Waals surface area contributed by atoms with Crippen LogP contribution in [0.3, 0.4) is 0 Å². The number of carbonyl (C=O) groups excluding carboxylic acids is 2. The van der Waals surface area contributed by atoms with E-state index in [0.717, 1.165) is 23.4 Å². The standard InChI is InChI=1S/C18H16F2N2O2/c1-11-2-5-14(6-3-11)22-10-13(9-17(22)23)21-18(24)12-4-7-15(19)16(20)8-12/h2-8,13H,9-10H2,1H3,(H,21,24)/t13-/m0/s1. The Morgan fingerprint density at radius 3 is 2.50 bits per heavy atom. The van der Waals surface area contributed by atoms with Crippen LogP contribution in [0.4, 0.5) is 14.5 Å². The fraction of sp³-hybridized carbons (Fsp3) is 0.222. The molecule has 0 aliphatic carbocycles. The van der Waals surface area contributed by atoms with Gasteiger partial charge in [0.25, 0.3) is 5.91 Å². The molecule has 0 unspecified atom stereocenters. The van der Waals surface area contributed by atoms with Crippen LogP contribution in [-0.2, 0) is 4.79 Å². The lowest BCUT2D eigenvalue weighted by Gasteiger charge is -2.17. The number of nitrogens with zero attached hydrogens (tertiary/aromatic N) is 1. The first-order chi connectivity index (χ1) is 11.4. The van der Waals surface area contributed by atoms with Gasteiger partial charge >= 0.3 is 0 Å². The lowest BCUT2D eigenvalue weighted by atomic mass is 10.1. The molecule has 3 rings (SSSR count). The molecule has 1 fully saturated rings. The minimum Gasteiger partial charge on any atom is -0.347 e. The number of hydrogen-bond acceptors (Lipinski definition) is 2. The van der Waals surface area contributed by atoms with E-state index < -0.39 is 17.5 Å². The highest BCUT2D eigenvalue weighted by molar-refractivity contribution is 5.98. The third kappa shape index (κ3) is 3.27. The van der Waals surface area contributed by atoms with Crippen molar-refractivity contribution in [1.82, 2.24) is 5.32 Å². The maximum atomic E-state index is 13.2. The van der Waals surface area contributed by atoms with E-state index in [1.54, 1.807) is 4.90 Å². The molecule has 0 saturated carbocycles. The highest BCUT2D eigenvalue weighted by Gasteiger charge is 2.31. The van der Waals surface area contributed by atoms with Crippen LogP contribution in [0.5, 0.6) is 0 Å². The first-order valence-corrected chi connectivity index (χ1v) is 7.57. The van der Waals surface area contributed by atoms with Gasteiger partial charge in [0.15, 0.2) is 11.6 Å². The number of halogens is 2. The van der Waals surface area contributed by atoms with Crippen molar-refractivity contribution in [2.75, 3.05) is 11.4 Å². The van der Waals surface area contributed by atoms with E-state index in [9.17, 15) is 18.4 Å². The molecule has 2 aromatic rings. The number of benzene rings is 2. The summed E-state index contributed by atoms with van der Waals surface area (Å²) in [6.07, 6.45) is 0.170. The largest absolute Gasteiger partial charge is 0.347 e. The lowest BCUT2D eigenvalue weighted by molar-refractivity contribution is -0.117. The second-order valence-electron chi connectivity index (χ2n) is 5.84. The summed E-state index contributed by atoms with van der Waals surface area (Å²) in [4.78, 5) is 25.9. The first kappa shape index (κ1) is 16.1. The number of rotatable bonds is 3. The van der Waals surface area contributed by atoms with Gasteiger partial charge in [0.05, 0.1) is 6.04 Å². The van der Waals surface area contributed by atoms with Gasteiger partial charge in [-0.2, -0.15) is 0 Å². The number of nitrogens with one attached hydrogen (secondary N) is 1. The third-order valence-electron chi connectivity index (χ3n) is 3.99. The van der Waals surface area contributed by atoms with E-state index in [1.165, 1.54) is 6.07 Å². The minimum absolute atomic E-state index is 0.0233. The second kappa shape index (κ2) is 6.39. The summed E-state index contributed by atoms with van der Waals surface area (Å²) in [6, 6.07) is 10.1. The molecule has 2 aromatic carbocycles. The molecule has 0 spiro atoms. The molecule has 1 aliphatic rings. The van der Waals surface area contributed by atoms with Crippen molar-refractivity contribution in [2.24, 2.45) is 0 Å². The molecule has 1 N–H and O–H groups in total. The molecule has 1 atom stereocenters. The summed E-state index contributed by atoms with van der Waals surface area (Å²) in [5.41, 5.74) is 1.89. The molecule has 1 saturated heterocycles. The average molecular weight is 330 g/mol. The van der Waals surface area contributed by atoms with Crippen LogP contribution in [0.25, 0.3) is 0 Å². The van der Waals surface area contributed by atoms with E-state index in [0.29, 0.717) is 6.54 Å². The van der Waals surface area contributed by atoms with Crippen LogP contribution in [0.15, 0.2) is 42.5 Å². The SMILES string of the molecule is Cc1ccc(N2C[C@@H](NC(=O)c3ccc(F)c(F)c3)CC2=O)cc1. The monoisotopic (exact) mass is 330 g/mol. The fourth-order valence-electron chi connectivity index (χ4n) is 2.68. The molecule has 0 radical (unpaired) electrons. The summed E-state index contributed by atoms with van der Waals surface area (Å²) >= 11 is 0. The number of hydrogen-bond donors (Lipinski definition) is 1. The third-order valence-corrected chi connectivity index (χ3v) is 3.99. The van der Waals surface area contributed by atoms with E-state index in [4.69, 9.17) is 0 Å². The van der Waals surface area contributed by atoms with Crippen molar-refractivity contribution in [1.29, 1.82) is 0 Å². The van der Waals surface area contributed by atoms with E-state index in [-0.39, 0.29) is 23.9 Å². The van der Waals surface area contributed by atoms with Crippen molar-refractivity contribution >= 4 is 17.5 Å². The molecule has 124 valence electrons. The van der Waals surface area contributed by atoms with Gasteiger partial charge in [0, 0.05) is 24.2 Å². The number of aryl methyl sites for hydroxylation is 1. The Kier molecular flexibility index (Phi) is 4.29. The van der Waals surface area contributed by atoms with Crippen molar-refractivity contribution in [3.05, 3.63) is 65.2 Å². The number of carbonyl (C=O) groups is 2. The van der Waals surface area contributed by atoms with Crippen LogP contribution in [0.2, 0.25) is 0 Å². The first-order valence-electron chi connectivity index (χ1n) is 7.57. The molecule has 0 bridgehead atoms. The molecular formula is C18H16F2N2O2. The maximum Gasteiger partial charge on any atom is 0.251 e. The number of amides is 2. The molecule has 2 amide bonds. The zero-order chi connectivity index (χ0) is 17.3. The highest BCUT2D eigenvalue weighted by atomic mass is 19.2. The quantitative estimate of drug-likeness (QED) is 0.941. The Hall–Kier alpha value is -2.76. The second-order valence-corrected chi connectivity index (χ2v) is 5.84. The Balaban J connectivity index is 1.68. The van der Waals surface area contributed by atoms with E-state index in [2.05, 4.69) is 5.32 Å². The van der Waals surface area contributed by atoms with Gasteiger partial charge < -0.3 is 10.2 Å². The van der Waals surface area contributed by atoms with Crippen LogP contribution in [0.1, 0.15) is 22.3 Å². The summed E-state index contributed by atoms with van der Waals surface area (Å²) < 4.78 is 26.1. The average Bonchev–Trinajstić information content (AvgIpc) is 2.91. The van der Waals surface area contributed by atoms with Crippen LogP contribution in [0, 0.1) is 18.6 Å². The zero-order valence-corrected chi connectivity index (χ0v) is 13.1. The van der Waals surface area contributed by atoms with Gasteiger partial charge in [0.2, 0.25) is 5.91 Å². The summed E-state index contributed by atoms with van der Waals surface area (Å²) in [5.74, 6) is -2.70. The number of anilines is 1. The van der Waals surface area contributed by atoms with Crippen LogP contribution >= 0.6 is 0 Å². The van der Waals surface area contributed by atoms with Gasteiger partial charge in [-0.05, 0) is 37.3 Å². The van der Waals surface area contributed by atoms with Crippen molar-refractivity contribution in [2.45, 2.75) is 19.4 Å². The van der Waals surface area contributed by atoms with E-state index in [1.807, 2.05) is 31.2 Å². The molecule has 0 aromatic heterocycles. The Bertz CT molecular complexity index is 790. The van der Waals surface area contributed by atoms with Crippen molar-refractivity contribution in [3.8, 4) is 0 Å². The van der Waals surface area contributed by atoms with Gasteiger partial charge in [-0.3, -0.25) is 9.59 Å². The minimum atomic E-state index is -1.08. The summed E-state index contributed by atoms with van der Waals surface area (Å²) in [6.45, 7) is 2.30. The van der Waals surface area contributed by atoms with E-state index >= 15 is 0 Å². The van der Waals surface area contributed by atoms with Gasteiger partial charge in [0.1, 0.15) is 0 Å². The van der Waals surface area contributed by atoms with Gasteiger partial charge in [-0.25, -0.2) is 8.78 Å². The van der Waals surface area contributed by atoms with Crippen molar-refractivity contribution < 1.29 is 18.4 Å². The molecule has 1 aliphatic heterocycles. The molecule has 4 nitrogen and oxygen atoms in total. The zero-order valence-electron chi connectivity index (χ0n) is 13.1. The van der Waals surface area contributed by atoms with Crippen LogP contribution in [-0.4, -0.2) is 24.4 Å². The Morgan fingerprint density at radius 2 is 1.83 bits per heavy atom. The lowest BCUT2D eigenvalue weighted by Crippen LogP contribution is -2.37. The molecule has 24 heavy (non-hydrogen) atoms. The molecule has 6 heteroatoms. The topological polar surface area (TPSA) is 49.4 Å². The fourth-order valence-corrected chi connectivity index (χ4v) is 2.68. The van der Waals surface area contributed by atoms with Gasteiger partial charge in [-0.15, -0.1) is 0 Å².